The Labute approximate surface area is 105 Å². The number of fused-ring (bicyclic) bond motifs is 3. The van der Waals surface area contributed by atoms with Crippen molar-refractivity contribution in [1.82, 2.24) is 14.8 Å². The van der Waals surface area contributed by atoms with Crippen LogP contribution in [-0.4, -0.2) is 34.0 Å². The van der Waals surface area contributed by atoms with Gasteiger partial charge in [-0.1, -0.05) is 0 Å². The summed E-state index contributed by atoms with van der Waals surface area (Å²) in [6.45, 7) is 1.88. The molecule has 2 aromatic rings. The van der Waals surface area contributed by atoms with Crippen LogP contribution in [0.15, 0.2) is 18.3 Å². The normalized spacial score (nSPS) is 27.1. The zero-order chi connectivity index (χ0) is 11.9. The third-order valence-corrected chi connectivity index (χ3v) is 3.91. The van der Waals surface area contributed by atoms with Crippen molar-refractivity contribution in [3.63, 3.8) is 0 Å². The molecular weight excluding hydrogens is 228 g/mol. The van der Waals surface area contributed by atoms with Gasteiger partial charge in [-0.05, 0) is 31.4 Å². The van der Waals surface area contributed by atoms with Gasteiger partial charge in [-0.15, -0.1) is 0 Å². The Bertz CT molecular complexity index is 573. The number of nitrogens with zero attached hydrogens (tertiary/aromatic N) is 3. The van der Waals surface area contributed by atoms with Crippen LogP contribution in [0.5, 0.6) is 0 Å². The standard InChI is InChI=1S/C13H16N4O/c1-3-9-12(14-6-1)16-17-10(5-7-15-13(9)17)11-4-2-8-18-11/h1,3,6,10-11,15H,2,4-5,7-8H2. The van der Waals surface area contributed by atoms with Gasteiger partial charge in [0, 0.05) is 19.3 Å². The highest BCUT2D eigenvalue weighted by molar-refractivity contribution is 5.87. The zero-order valence-electron chi connectivity index (χ0n) is 10.2. The monoisotopic (exact) mass is 244 g/mol. The van der Waals surface area contributed by atoms with Crippen molar-refractivity contribution >= 4 is 16.9 Å². The summed E-state index contributed by atoms with van der Waals surface area (Å²) in [5.74, 6) is 1.10. The number of rotatable bonds is 1. The van der Waals surface area contributed by atoms with Crippen LogP contribution >= 0.6 is 0 Å². The Morgan fingerprint density at radius 3 is 3.28 bits per heavy atom. The molecule has 0 aliphatic carbocycles. The molecule has 1 saturated heterocycles. The van der Waals surface area contributed by atoms with E-state index in [9.17, 15) is 0 Å². The Morgan fingerprint density at radius 2 is 2.39 bits per heavy atom. The fraction of sp³-hybridized carbons (Fsp3) is 0.538. The summed E-state index contributed by atoms with van der Waals surface area (Å²) >= 11 is 0. The van der Waals surface area contributed by atoms with Crippen LogP contribution in [0, 0.1) is 0 Å². The number of pyridine rings is 1. The van der Waals surface area contributed by atoms with Crippen molar-refractivity contribution in [3.05, 3.63) is 18.3 Å². The van der Waals surface area contributed by atoms with E-state index in [2.05, 4.69) is 26.1 Å². The lowest BCUT2D eigenvalue weighted by atomic mass is 10.0. The highest BCUT2D eigenvalue weighted by Gasteiger charge is 2.32. The number of aromatic nitrogens is 3. The van der Waals surface area contributed by atoms with E-state index >= 15 is 0 Å². The summed E-state index contributed by atoms with van der Waals surface area (Å²) in [5, 5.41) is 9.20. The maximum Gasteiger partial charge on any atom is 0.183 e. The van der Waals surface area contributed by atoms with Gasteiger partial charge in [0.1, 0.15) is 5.82 Å². The van der Waals surface area contributed by atoms with Crippen LogP contribution in [0.25, 0.3) is 11.0 Å². The summed E-state index contributed by atoms with van der Waals surface area (Å²) in [4.78, 5) is 4.33. The van der Waals surface area contributed by atoms with Crippen molar-refractivity contribution in [2.24, 2.45) is 0 Å². The van der Waals surface area contributed by atoms with Crippen LogP contribution in [0.3, 0.4) is 0 Å². The van der Waals surface area contributed by atoms with Crippen LogP contribution in [0.2, 0.25) is 0 Å². The van der Waals surface area contributed by atoms with Gasteiger partial charge in [-0.3, -0.25) is 0 Å². The van der Waals surface area contributed by atoms with Crippen LogP contribution in [0.4, 0.5) is 5.82 Å². The topological polar surface area (TPSA) is 52.0 Å². The summed E-state index contributed by atoms with van der Waals surface area (Å²) in [6, 6.07) is 4.40. The number of hydrogen-bond acceptors (Lipinski definition) is 4. The SMILES string of the molecule is c1cnc2nn3c(c2c1)NCCC3C1CCCO1. The van der Waals surface area contributed by atoms with E-state index in [1.54, 1.807) is 6.20 Å². The van der Waals surface area contributed by atoms with Crippen molar-refractivity contribution in [3.8, 4) is 0 Å². The molecule has 2 aliphatic rings. The van der Waals surface area contributed by atoms with Gasteiger partial charge in [0.15, 0.2) is 5.65 Å². The predicted octanol–water partition coefficient (Wildman–Crippen LogP) is 1.97. The maximum absolute atomic E-state index is 5.84. The largest absolute Gasteiger partial charge is 0.376 e. The number of anilines is 1. The molecule has 0 amide bonds. The lowest BCUT2D eigenvalue weighted by Gasteiger charge is -2.29. The first kappa shape index (κ1) is 10.3. The molecule has 2 unspecified atom stereocenters. The molecule has 0 bridgehead atoms. The average molecular weight is 244 g/mol. The quantitative estimate of drug-likeness (QED) is 0.833. The Kier molecular flexibility index (Phi) is 2.26. The van der Waals surface area contributed by atoms with Gasteiger partial charge >= 0.3 is 0 Å². The van der Waals surface area contributed by atoms with Gasteiger partial charge in [0.05, 0.1) is 17.5 Å². The van der Waals surface area contributed by atoms with Crippen LogP contribution in [0.1, 0.15) is 25.3 Å². The molecule has 0 spiro atoms. The first-order valence-electron chi connectivity index (χ1n) is 6.62. The highest BCUT2D eigenvalue weighted by atomic mass is 16.5. The Hall–Kier alpha value is -1.62. The molecule has 2 atom stereocenters. The summed E-state index contributed by atoms with van der Waals surface area (Å²) < 4.78 is 7.93. The molecule has 5 heteroatoms. The van der Waals surface area contributed by atoms with Crippen LogP contribution < -0.4 is 5.32 Å². The second-order valence-corrected chi connectivity index (χ2v) is 5.00. The van der Waals surface area contributed by atoms with Crippen molar-refractivity contribution < 1.29 is 4.74 Å². The fourth-order valence-electron chi connectivity index (χ4n) is 3.06. The fourth-order valence-corrected chi connectivity index (χ4v) is 3.06. The number of hydrogen-bond donors (Lipinski definition) is 1. The minimum Gasteiger partial charge on any atom is -0.376 e. The molecule has 4 heterocycles. The molecule has 2 aromatic heterocycles. The Morgan fingerprint density at radius 1 is 1.39 bits per heavy atom. The maximum atomic E-state index is 5.84. The lowest BCUT2D eigenvalue weighted by molar-refractivity contribution is 0.0594. The predicted molar refractivity (Wildman–Crippen MR) is 68.6 cm³/mol. The molecule has 2 aliphatic heterocycles. The highest BCUT2D eigenvalue weighted by Crippen LogP contribution is 2.35. The summed E-state index contributed by atoms with van der Waals surface area (Å²) in [7, 11) is 0. The third-order valence-electron chi connectivity index (χ3n) is 3.91. The van der Waals surface area contributed by atoms with E-state index in [1.165, 1.54) is 6.42 Å². The van der Waals surface area contributed by atoms with E-state index < -0.39 is 0 Å². The molecule has 1 fully saturated rings. The third kappa shape index (κ3) is 1.43. The van der Waals surface area contributed by atoms with Crippen molar-refractivity contribution in [2.75, 3.05) is 18.5 Å². The van der Waals surface area contributed by atoms with E-state index in [0.29, 0.717) is 12.1 Å². The molecule has 1 N–H and O–H groups in total. The molecule has 5 nitrogen and oxygen atoms in total. The average Bonchev–Trinajstić information content (AvgIpc) is 3.05. The number of ether oxygens (including phenoxy) is 1. The summed E-state index contributed by atoms with van der Waals surface area (Å²) in [6.07, 6.45) is 5.50. The molecular formula is C13H16N4O. The molecule has 18 heavy (non-hydrogen) atoms. The molecule has 4 rings (SSSR count). The second-order valence-electron chi connectivity index (χ2n) is 5.00. The first-order chi connectivity index (χ1) is 8.93. The van der Waals surface area contributed by atoms with Gasteiger partial charge < -0.3 is 10.1 Å². The Balaban J connectivity index is 1.83. The van der Waals surface area contributed by atoms with Crippen molar-refractivity contribution in [1.29, 1.82) is 0 Å². The molecule has 0 saturated carbocycles. The zero-order valence-corrected chi connectivity index (χ0v) is 10.2. The van der Waals surface area contributed by atoms with Gasteiger partial charge in [-0.25, -0.2) is 9.67 Å². The molecule has 94 valence electrons. The van der Waals surface area contributed by atoms with E-state index in [0.717, 1.165) is 42.8 Å². The second kappa shape index (κ2) is 3.95. The molecule has 0 radical (unpaired) electrons. The van der Waals surface area contributed by atoms with E-state index in [-0.39, 0.29) is 0 Å². The summed E-state index contributed by atoms with van der Waals surface area (Å²) in [5.41, 5.74) is 0.824. The smallest absolute Gasteiger partial charge is 0.183 e. The lowest BCUT2D eigenvalue weighted by Crippen LogP contribution is -2.31. The minimum absolute atomic E-state index is 0.320. The first-order valence-corrected chi connectivity index (χ1v) is 6.62. The van der Waals surface area contributed by atoms with Crippen molar-refractivity contribution in [2.45, 2.75) is 31.4 Å². The van der Waals surface area contributed by atoms with E-state index in [1.807, 2.05) is 6.07 Å². The molecule has 0 aromatic carbocycles. The number of nitrogens with one attached hydrogen (secondary N) is 1. The van der Waals surface area contributed by atoms with E-state index in [4.69, 9.17) is 4.74 Å². The van der Waals surface area contributed by atoms with Crippen LogP contribution in [-0.2, 0) is 4.74 Å². The minimum atomic E-state index is 0.320. The van der Waals surface area contributed by atoms with Gasteiger partial charge in [0.25, 0.3) is 0 Å². The van der Waals surface area contributed by atoms with Gasteiger partial charge in [-0.2, -0.15) is 5.10 Å². The van der Waals surface area contributed by atoms with Gasteiger partial charge in [0.2, 0.25) is 0 Å².